The van der Waals surface area contributed by atoms with Gasteiger partial charge in [-0.1, -0.05) is 53.6 Å². The van der Waals surface area contributed by atoms with Crippen LogP contribution in [0.1, 0.15) is 80.2 Å². The number of fused-ring (bicyclic) bond motifs is 7. The maximum atomic E-state index is 14.0. The molecule has 1 saturated heterocycles. The molecule has 60 heavy (non-hydrogen) atoms. The van der Waals surface area contributed by atoms with Crippen LogP contribution >= 0.6 is 27.3 Å². The van der Waals surface area contributed by atoms with Gasteiger partial charge in [0.25, 0.3) is 0 Å². The lowest BCUT2D eigenvalue weighted by atomic mass is 9.46. The summed E-state index contributed by atoms with van der Waals surface area (Å²) in [4.78, 5) is 75.9. The summed E-state index contributed by atoms with van der Waals surface area (Å²) in [5.41, 5.74) is 0.316. The van der Waals surface area contributed by atoms with Crippen LogP contribution in [0.5, 0.6) is 0 Å². The number of halogens is 1. The standard InChI is InChI=1S/C43H50BrN3O12S/c1-41-10-9-26(50)14-25(41)5-6-28-29-15-34-43(33(52)20-49,42(29,2)16-32(51)38(28)41)59-40(58-34)24-13-27(60-21-24)11-22-3-4-23(19-48)31(12-22)47-39(57)30(7-8-37(55)56)46-36(54)18-45-35(53)17-44/h3-4,9-10,12-14,21,28-30,32,34,38,40,48-49,51H,5-8,11,15-20H2,1-2H3,(H,45,53)(H,46,54)(H,47,57)(H,55,56)/t28-,29-,30-,32-,34+,38+,40+,41-,42-,43+/m0/s1. The molecule has 7 N–H and O–H groups in total. The van der Waals surface area contributed by atoms with Crippen molar-refractivity contribution in [3.8, 4) is 0 Å². The number of ketones is 2. The molecule has 2 heterocycles. The van der Waals surface area contributed by atoms with Crippen molar-refractivity contribution in [2.24, 2.45) is 28.6 Å². The first kappa shape index (κ1) is 44.0. The minimum Gasteiger partial charge on any atom is -0.481 e. The lowest BCUT2D eigenvalue weighted by molar-refractivity contribution is -0.201. The molecular formula is C43H50BrN3O12S. The van der Waals surface area contributed by atoms with Crippen molar-refractivity contribution in [1.29, 1.82) is 0 Å². The lowest BCUT2D eigenvalue weighted by Gasteiger charge is -2.59. The zero-order chi connectivity index (χ0) is 43.1. The first-order valence-electron chi connectivity index (χ1n) is 20.1. The molecule has 17 heteroatoms. The molecule has 322 valence electrons. The first-order valence-corrected chi connectivity index (χ1v) is 22.1. The second-order valence-electron chi connectivity index (χ2n) is 17.0. The molecule has 10 atom stereocenters. The van der Waals surface area contributed by atoms with Crippen LogP contribution in [0.15, 0.2) is 53.4 Å². The van der Waals surface area contributed by atoms with Crippen LogP contribution in [-0.2, 0) is 51.3 Å². The highest BCUT2D eigenvalue weighted by molar-refractivity contribution is 9.09. The van der Waals surface area contributed by atoms with Gasteiger partial charge < -0.3 is 45.9 Å². The molecule has 15 nitrogen and oxygen atoms in total. The first-order chi connectivity index (χ1) is 28.6. The number of carbonyl (C=O) groups excluding carboxylic acids is 5. The lowest BCUT2D eigenvalue weighted by Crippen LogP contribution is -2.63. The average molecular weight is 913 g/mol. The van der Waals surface area contributed by atoms with E-state index in [1.807, 2.05) is 24.4 Å². The number of hydrogen-bond acceptors (Lipinski definition) is 12. The number of amides is 3. The molecule has 1 aliphatic heterocycles. The average Bonchev–Trinajstić information content (AvgIpc) is 3.91. The number of carboxylic acids is 1. The predicted molar refractivity (Wildman–Crippen MR) is 221 cm³/mol. The smallest absolute Gasteiger partial charge is 0.303 e. The molecule has 3 saturated carbocycles. The van der Waals surface area contributed by atoms with Crippen molar-refractivity contribution in [3.05, 3.63) is 75.0 Å². The molecular weight excluding hydrogens is 862 g/mol. The van der Waals surface area contributed by atoms with Gasteiger partial charge >= 0.3 is 5.97 Å². The molecule has 0 bridgehead atoms. The van der Waals surface area contributed by atoms with Crippen LogP contribution in [0.2, 0.25) is 0 Å². The largest absolute Gasteiger partial charge is 0.481 e. The fourth-order valence-electron chi connectivity index (χ4n) is 10.9. The Hall–Kier alpha value is -4.10. The number of carboxylic acid groups (broad SMARTS) is 1. The number of hydrogen-bond donors (Lipinski definition) is 7. The Kier molecular flexibility index (Phi) is 12.7. The van der Waals surface area contributed by atoms with E-state index < -0.39 is 96.6 Å². The third-order valence-electron chi connectivity index (χ3n) is 13.6. The van der Waals surface area contributed by atoms with Gasteiger partial charge in [0.2, 0.25) is 17.7 Å². The van der Waals surface area contributed by atoms with E-state index in [1.165, 1.54) is 11.3 Å². The van der Waals surface area contributed by atoms with Crippen molar-refractivity contribution in [2.45, 2.75) is 95.5 Å². The van der Waals surface area contributed by atoms with E-state index in [2.05, 4.69) is 38.8 Å². The van der Waals surface area contributed by atoms with Gasteiger partial charge in [-0.3, -0.25) is 28.8 Å². The van der Waals surface area contributed by atoms with E-state index in [1.54, 1.807) is 30.4 Å². The van der Waals surface area contributed by atoms with Gasteiger partial charge in [-0.2, -0.15) is 0 Å². The number of nitrogens with one attached hydrogen (secondary N) is 3. The summed E-state index contributed by atoms with van der Waals surface area (Å²) in [7, 11) is 0. The number of alkyl halides is 1. The highest BCUT2D eigenvalue weighted by Crippen LogP contribution is 2.70. The van der Waals surface area contributed by atoms with Crippen LogP contribution < -0.4 is 16.0 Å². The van der Waals surface area contributed by atoms with Crippen molar-refractivity contribution in [3.63, 3.8) is 0 Å². The third-order valence-corrected chi connectivity index (χ3v) is 15.1. The Bertz CT molecular complexity index is 2140. The Labute approximate surface area is 359 Å². The van der Waals surface area contributed by atoms with Crippen LogP contribution in [0.3, 0.4) is 0 Å². The SMILES string of the molecule is C[C@]12C=CC(=O)C=C1CC[C@@H]1[C@@H]2[C@@H](O)C[C@@]2(C)[C@H]1C[C@H]1O[C@@H](c3csc(Cc4ccc(CO)c(NC(=O)[C@H](CCC(=O)O)NC(=O)CNC(=O)CBr)c4)c3)O[C@]12C(=O)CO. The van der Waals surface area contributed by atoms with Crippen LogP contribution in [0.4, 0.5) is 5.69 Å². The normalized spacial score (nSPS) is 31.8. The van der Waals surface area contributed by atoms with Crippen molar-refractivity contribution >= 4 is 68.2 Å². The highest BCUT2D eigenvalue weighted by atomic mass is 79.9. The number of thiophene rings is 1. The van der Waals surface area contributed by atoms with E-state index in [0.717, 1.165) is 22.4 Å². The Morgan fingerprint density at radius 2 is 1.88 bits per heavy atom. The highest BCUT2D eigenvalue weighted by Gasteiger charge is 2.76. The van der Waals surface area contributed by atoms with E-state index in [9.17, 15) is 49.2 Å². The van der Waals surface area contributed by atoms with Crippen LogP contribution in [0.25, 0.3) is 0 Å². The van der Waals surface area contributed by atoms with Gasteiger partial charge in [-0.25, -0.2) is 0 Å². The van der Waals surface area contributed by atoms with Gasteiger partial charge in [-0.05, 0) is 79.2 Å². The molecule has 7 rings (SSSR count). The Balaban J connectivity index is 1.06. The van der Waals surface area contributed by atoms with E-state index in [-0.39, 0.29) is 47.4 Å². The van der Waals surface area contributed by atoms with Gasteiger partial charge in [-0.15, -0.1) is 11.3 Å². The number of aliphatic carboxylic acids is 1. The fraction of sp³-hybridized carbons (Fsp3) is 0.535. The fourth-order valence-corrected chi connectivity index (χ4v) is 12.0. The number of aliphatic hydroxyl groups excluding tert-OH is 3. The van der Waals surface area contributed by atoms with Crippen molar-refractivity contribution in [2.75, 3.05) is 23.8 Å². The number of anilines is 1. The summed E-state index contributed by atoms with van der Waals surface area (Å²) in [5, 5.41) is 51.1. The van der Waals surface area contributed by atoms with Gasteiger partial charge in [0.1, 0.15) is 12.6 Å². The number of allylic oxidation sites excluding steroid dienone is 4. The Morgan fingerprint density at radius 1 is 1.10 bits per heavy atom. The molecule has 4 fully saturated rings. The number of benzene rings is 1. The number of rotatable bonds is 15. The molecule has 1 aromatic carbocycles. The monoisotopic (exact) mass is 911 g/mol. The third kappa shape index (κ3) is 7.93. The summed E-state index contributed by atoms with van der Waals surface area (Å²) in [6.07, 6.45) is 4.88. The summed E-state index contributed by atoms with van der Waals surface area (Å²) in [6, 6.07) is 5.81. The summed E-state index contributed by atoms with van der Waals surface area (Å²) in [5.74, 6) is -3.68. The summed E-state index contributed by atoms with van der Waals surface area (Å²) >= 11 is 4.42. The maximum absolute atomic E-state index is 14.0. The number of Topliss-reactive ketones (excluding diaryl/α,β-unsaturated/α-hetero) is 1. The zero-order valence-electron chi connectivity index (χ0n) is 33.3. The topological polar surface area (TPSA) is 238 Å². The summed E-state index contributed by atoms with van der Waals surface area (Å²) in [6.45, 7) is 2.51. The number of carbonyl (C=O) groups is 6. The second-order valence-corrected chi connectivity index (χ2v) is 18.5. The summed E-state index contributed by atoms with van der Waals surface area (Å²) < 4.78 is 13.4. The van der Waals surface area contributed by atoms with Crippen LogP contribution in [0, 0.1) is 28.6 Å². The molecule has 0 unspecified atom stereocenters. The molecule has 2 aromatic rings. The predicted octanol–water partition coefficient (Wildman–Crippen LogP) is 3.23. The van der Waals surface area contributed by atoms with E-state index in [0.29, 0.717) is 30.4 Å². The van der Waals surface area contributed by atoms with Gasteiger partial charge in [0.15, 0.2) is 23.5 Å². The molecule has 4 aliphatic carbocycles. The van der Waals surface area contributed by atoms with Crippen molar-refractivity contribution < 1.29 is 58.7 Å². The minimum absolute atomic E-state index is 0.0265. The Morgan fingerprint density at radius 3 is 2.60 bits per heavy atom. The van der Waals surface area contributed by atoms with Gasteiger partial charge in [0, 0.05) is 51.3 Å². The minimum atomic E-state index is -1.49. The van der Waals surface area contributed by atoms with Crippen molar-refractivity contribution in [1.82, 2.24) is 10.6 Å². The van der Waals surface area contributed by atoms with Gasteiger partial charge in [0.05, 0.1) is 30.7 Å². The van der Waals surface area contributed by atoms with E-state index in [4.69, 9.17) is 9.47 Å². The zero-order valence-corrected chi connectivity index (χ0v) is 35.7. The quantitative estimate of drug-likeness (QED) is 0.128. The number of ether oxygens (including phenoxy) is 2. The number of aliphatic hydroxyl groups is 3. The maximum Gasteiger partial charge on any atom is 0.303 e. The van der Waals surface area contributed by atoms with E-state index >= 15 is 0 Å². The molecule has 1 aromatic heterocycles. The molecule has 0 radical (unpaired) electrons. The molecule has 0 spiro atoms. The molecule has 5 aliphatic rings. The second kappa shape index (κ2) is 17.3. The van der Waals surface area contributed by atoms with Crippen LogP contribution in [-0.4, -0.2) is 98.0 Å². The molecule has 3 amide bonds.